The molecule has 0 aliphatic carbocycles. The van der Waals surface area contributed by atoms with Crippen LogP contribution in [-0.4, -0.2) is 38.4 Å². The number of unbranched alkanes of at least 4 members (excludes halogenated alkanes) is 2. The minimum absolute atomic E-state index is 0.0209. The van der Waals surface area contributed by atoms with Crippen LogP contribution >= 0.6 is 0 Å². The standard InChI is InChI=1S/C11H25N3O2S/c1-2-3-5-8-13-17(15,16)14-9-6-4-7-11(14)10-12/h11,13H,2-10,12H2,1H3. The Bertz CT molecular complexity index is 306. The van der Waals surface area contributed by atoms with E-state index in [1.54, 1.807) is 4.31 Å². The molecule has 0 spiro atoms. The van der Waals surface area contributed by atoms with Crippen molar-refractivity contribution in [1.29, 1.82) is 0 Å². The van der Waals surface area contributed by atoms with Crippen LogP contribution in [0.5, 0.6) is 0 Å². The summed E-state index contributed by atoms with van der Waals surface area (Å²) in [5, 5.41) is 0. The zero-order valence-corrected chi connectivity index (χ0v) is 11.5. The summed E-state index contributed by atoms with van der Waals surface area (Å²) in [6, 6.07) is -0.0209. The first kappa shape index (κ1) is 14.9. The van der Waals surface area contributed by atoms with Crippen molar-refractivity contribution in [3.05, 3.63) is 0 Å². The van der Waals surface area contributed by atoms with Crippen molar-refractivity contribution >= 4 is 10.2 Å². The molecule has 102 valence electrons. The molecule has 0 amide bonds. The molecule has 0 aromatic rings. The Balaban J connectivity index is 2.49. The number of nitrogens with one attached hydrogen (secondary N) is 1. The summed E-state index contributed by atoms with van der Waals surface area (Å²) < 4.78 is 28.4. The van der Waals surface area contributed by atoms with Crippen LogP contribution in [-0.2, 0) is 10.2 Å². The monoisotopic (exact) mass is 263 g/mol. The molecule has 1 aliphatic rings. The molecule has 1 atom stereocenters. The molecule has 0 aromatic carbocycles. The number of piperidine rings is 1. The smallest absolute Gasteiger partial charge is 0.279 e. The lowest BCUT2D eigenvalue weighted by Gasteiger charge is -2.33. The van der Waals surface area contributed by atoms with Crippen LogP contribution in [0.1, 0.15) is 45.4 Å². The van der Waals surface area contributed by atoms with Gasteiger partial charge in [-0.2, -0.15) is 12.7 Å². The molecule has 0 radical (unpaired) electrons. The van der Waals surface area contributed by atoms with Gasteiger partial charge < -0.3 is 5.73 Å². The fourth-order valence-electron chi connectivity index (χ4n) is 2.19. The molecule has 0 aromatic heterocycles. The van der Waals surface area contributed by atoms with Crippen LogP contribution in [0, 0.1) is 0 Å². The summed E-state index contributed by atoms with van der Waals surface area (Å²) in [6.07, 6.45) is 5.94. The predicted octanol–water partition coefficient (Wildman–Crippen LogP) is 0.824. The van der Waals surface area contributed by atoms with Gasteiger partial charge in [0.05, 0.1) is 0 Å². The number of nitrogens with two attached hydrogens (primary N) is 1. The van der Waals surface area contributed by atoms with Crippen molar-refractivity contribution in [3.8, 4) is 0 Å². The van der Waals surface area contributed by atoms with Gasteiger partial charge in [-0.3, -0.25) is 0 Å². The third-order valence-corrected chi connectivity index (χ3v) is 4.89. The van der Waals surface area contributed by atoms with Crippen LogP contribution < -0.4 is 10.5 Å². The van der Waals surface area contributed by atoms with Gasteiger partial charge in [-0.1, -0.05) is 26.2 Å². The quantitative estimate of drug-likeness (QED) is 0.668. The van der Waals surface area contributed by atoms with Crippen molar-refractivity contribution in [2.24, 2.45) is 5.73 Å². The maximum atomic E-state index is 12.1. The highest BCUT2D eigenvalue weighted by molar-refractivity contribution is 7.87. The number of nitrogens with zero attached hydrogens (tertiary/aromatic N) is 1. The molecule has 1 heterocycles. The molecule has 1 unspecified atom stereocenters. The Morgan fingerprint density at radius 1 is 1.35 bits per heavy atom. The van der Waals surface area contributed by atoms with Gasteiger partial charge in [0.1, 0.15) is 0 Å². The van der Waals surface area contributed by atoms with Crippen LogP contribution in [0.25, 0.3) is 0 Å². The van der Waals surface area contributed by atoms with E-state index in [0.29, 0.717) is 19.6 Å². The molecular weight excluding hydrogens is 238 g/mol. The summed E-state index contributed by atoms with van der Waals surface area (Å²) in [7, 11) is -3.32. The Morgan fingerprint density at radius 2 is 2.12 bits per heavy atom. The second kappa shape index (κ2) is 7.31. The highest BCUT2D eigenvalue weighted by atomic mass is 32.2. The first-order valence-corrected chi connectivity index (χ1v) is 8.02. The van der Waals surface area contributed by atoms with Crippen LogP contribution in [0.4, 0.5) is 0 Å². The highest BCUT2D eigenvalue weighted by Crippen LogP contribution is 2.18. The Kier molecular flexibility index (Phi) is 6.40. The summed E-state index contributed by atoms with van der Waals surface area (Å²) >= 11 is 0. The molecule has 1 rings (SSSR count). The van der Waals surface area contributed by atoms with E-state index >= 15 is 0 Å². The molecule has 17 heavy (non-hydrogen) atoms. The van der Waals surface area contributed by atoms with Crippen molar-refractivity contribution in [2.45, 2.75) is 51.5 Å². The first-order chi connectivity index (χ1) is 8.11. The molecule has 0 saturated carbocycles. The van der Waals surface area contributed by atoms with Gasteiger partial charge in [0, 0.05) is 25.7 Å². The molecule has 6 heteroatoms. The predicted molar refractivity (Wildman–Crippen MR) is 69.8 cm³/mol. The van der Waals surface area contributed by atoms with Crippen LogP contribution in [0.3, 0.4) is 0 Å². The van der Waals surface area contributed by atoms with Gasteiger partial charge in [0.2, 0.25) is 0 Å². The molecule has 3 N–H and O–H groups in total. The van der Waals surface area contributed by atoms with Crippen molar-refractivity contribution in [3.63, 3.8) is 0 Å². The van der Waals surface area contributed by atoms with Gasteiger partial charge in [0.15, 0.2) is 0 Å². The average molecular weight is 263 g/mol. The third-order valence-electron chi connectivity index (χ3n) is 3.22. The normalized spacial score (nSPS) is 22.8. The lowest BCUT2D eigenvalue weighted by Crippen LogP contribution is -2.51. The van der Waals surface area contributed by atoms with E-state index in [2.05, 4.69) is 11.6 Å². The SMILES string of the molecule is CCCCCNS(=O)(=O)N1CCCCC1CN. The fourth-order valence-corrected chi connectivity index (χ4v) is 3.71. The largest absolute Gasteiger partial charge is 0.329 e. The molecule has 1 aliphatic heterocycles. The molecule has 0 bridgehead atoms. The Morgan fingerprint density at radius 3 is 2.76 bits per heavy atom. The van der Waals surface area contributed by atoms with E-state index < -0.39 is 10.2 Å². The van der Waals surface area contributed by atoms with Gasteiger partial charge in [-0.05, 0) is 19.3 Å². The Hall–Kier alpha value is -0.170. The lowest BCUT2D eigenvalue weighted by molar-refractivity contribution is 0.254. The van der Waals surface area contributed by atoms with E-state index in [4.69, 9.17) is 5.73 Å². The summed E-state index contributed by atoms with van der Waals surface area (Å²) in [4.78, 5) is 0. The van der Waals surface area contributed by atoms with E-state index in [9.17, 15) is 8.42 Å². The van der Waals surface area contributed by atoms with Crippen LogP contribution in [0.15, 0.2) is 0 Å². The summed E-state index contributed by atoms with van der Waals surface area (Å²) in [5.41, 5.74) is 5.63. The van der Waals surface area contributed by atoms with Crippen molar-refractivity contribution in [2.75, 3.05) is 19.6 Å². The van der Waals surface area contributed by atoms with E-state index in [-0.39, 0.29) is 6.04 Å². The maximum Gasteiger partial charge on any atom is 0.279 e. The van der Waals surface area contributed by atoms with Crippen LogP contribution in [0.2, 0.25) is 0 Å². The second-order valence-electron chi connectivity index (χ2n) is 4.60. The average Bonchev–Trinajstić information content (AvgIpc) is 2.34. The molecule has 1 saturated heterocycles. The first-order valence-electron chi connectivity index (χ1n) is 6.58. The minimum atomic E-state index is -3.32. The van der Waals surface area contributed by atoms with Gasteiger partial charge in [-0.15, -0.1) is 0 Å². The molecule has 5 nitrogen and oxygen atoms in total. The summed E-state index contributed by atoms with van der Waals surface area (Å²) in [6.45, 7) is 3.65. The zero-order valence-electron chi connectivity index (χ0n) is 10.7. The third kappa shape index (κ3) is 4.54. The van der Waals surface area contributed by atoms with E-state index in [0.717, 1.165) is 38.5 Å². The van der Waals surface area contributed by atoms with E-state index in [1.807, 2.05) is 0 Å². The topological polar surface area (TPSA) is 75.4 Å². The lowest BCUT2D eigenvalue weighted by atomic mass is 10.1. The number of hydrogen-bond acceptors (Lipinski definition) is 3. The van der Waals surface area contributed by atoms with E-state index in [1.165, 1.54) is 0 Å². The maximum absolute atomic E-state index is 12.1. The van der Waals surface area contributed by atoms with Gasteiger partial charge in [0.25, 0.3) is 10.2 Å². The highest BCUT2D eigenvalue weighted by Gasteiger charge is 2.30. The minimum Gasteiger partial charge on any atom is -0.329 e. The van der Waals surface area contributed by atoms with Gasteiger partial charge in [-0.25, -0.2) is 4.72 Å². The molecule has 1 fully saturated rings. The fraction of sp³-hybridized carbons (Fsp3) is 1.00. The van der Waals surface area contributed by atoms with Crippen molar-refractivity contribution < 1.29 is 8.42 Å². The number of hydrogen-bond donors (Lipinski definition) is 2. The summed E-state index contributed by atoms with van der Waals surface area (Å²) in [5.74, 6) is 0. The second-order valence-corrected chi connectivity index (χ2v) is 6.31. The Labute approximate surface area is 105 Å². The molecular formula is C11H25N3O2S. The van der Waals surface area contributed by atoms with Gasteiger partial charge >= 0.3 is 0 Å². The zero-order chi connectivity index (χ0) is 12.7. The number of rotatable bonds is 7. The van der Waals surface area contributed by atoms with Crippen molar-refractivity contribution in [1.82, 2.24) is 9.03 Å².